The minimum absolute atomic E-state index is 0.363. The average molecular weight is 238 g/mol. The molecule has 0 spiro atoms. The van der Waals surface area contributed by atoms with Crippen molar-refractivity contribution in [3.05, 3.63) is 29.3 Å². The summed E-state index contributed by atoms with van der Waals surface area (Å²) in [5.41, 5.74) is 2.29. The van der Waals surface area contributed by atoms with Crippen molar-refractivity contribution in [2.24, 2.45) is 0 Å². The summed E-state index contributed by atoms with van der Waals surface area (Å²) in [5.74, 6) is -0.363. The minimum Gasteiger partial charge on any atom is -0.465 e. The molecule has 0 aliphatic rings. The van der Waals surface area contributed by atoms with Gasteiger partial charge in [0.2, 0.25) is 0 Å². The molecule has 5 heteroatoms. The van der Waals surface area contributed by atoms with E-state index >= 15 is 0 Å². The Hall–Kier alpha value is -1.62. The van der Waals surface area contributed by atoms with Crippen molar-refractivity contribution < 1.29 is 9.53 Å². The molecule has 0 aliphatic carbocycles. The van der Waals surface area contributed by atoms with E-state index in [4.69, 9.17) is 12.2 Å². The molecule has 16 heavy (non-hydrogen) atoms. The number of rotatable bonds is 2. The molecular formula is C11H14N2O2S. The number of carbonyl (C=O) groups is 1. The maximum Gasteiger partial charge on any atom is 0.337 e. The van der Waals surface area contributed by atoms with Gasteiger partial charge in [0.1, 0.15) is 0 Å². The molecule has 1 aromatic carbocycles. The first-order valence-corrected chi connectivity index (χ1v) is 5.17. The minimum atomic E-state index is -0.363. The Bertz CT molecular complexity index is 418. The quantitative estimate of drug-likeness (QED) is 0.606. The monoisotopic (exact) mass is 238 g/mol. The fourth-order valence-electron chi connectivity index (χ4n) is 1.19. The van der Waals surface area contributed by atoms with E-state index in [-0.39, 0.29) is 5.97 Å². The molecule has 1 aromatic rings. The summed E-state index contributed by atoms with van der Waals surface area (Å²) in [7, 11) is 3.09. The van der Waals surface area contributed by atoms with E-state index in [0.29, 0.717) is 10.7 Å². The molecule has 0 radical (unpaired) electrons. The van der Waals surface area contributed by atoms with Crippen LogP contribution in [0.15, 0.2) is 18.2 Å². The molecule has 0 saturated carbocycles. The van der Waals surface area contributed by atoms with E-state index < -0.39 is 0 Å². The van der Waals surface area contributed by atoms with Gasteiger partial charge in [0.05, 0.1) is 12.7 Å². The van der Waals surface area contributed by atoms with Crippen LogP contribution in [0.1, 0.15) is 15.9 Å². The molecule has 0 unspecified atom stereocenters. The molecule has 0 bridgehead atoms. The second-order valence-electron chi connectivity index (χ2n) is 3.23. The summed E-state index contributed by atoms with van der Waals surface area (Å²) in [6.45, 7) is 1.93. The predicted molar refractivity (Wildman–Crippen MR) is 67.8 cm³/mol. The first kappa shape index (κ1) is 12.4. The standard InChI is InChI=1S/C11H14N2O2S/c1-7-4-5-8(10(14)15-3)6-9(7)13-11(16)12-2/h4-6H,1-3H3,(H2,12,13,16). The second kappa shape index (κ2) is 5.46. The fraction of sp³-hybridized carbons (Fsp3) is 0.273. The zero-order valence-electron chi connectivity index (χ0n) is 9.46. The number of aryl methyl sites for hydroxylation is 1. The SMILES string of the molecule is CNC(=S)Nc1cc(C(=O)OC)ccc1C. The Balaban J connectivity index is 2.99. The van der Waals surface area contributed by atoms with E-state index in [9.17, 15) is 4.79 Å². The smallest absolute Gasteiger partial charge is 0.337 e. The number of carbonyl (C=O) groups excluding carboxylic acids is 1. The van der Waals surface area contributed by atoms with E-state index in [1.165, 1.54) is 7.11 Å². The number of methoxy groups -OCH3 is 1. The maximum absolute atomic E-state index is 11.3. The molecule has 2 N–H and O–H groups in total. The zero-order valence-corrected chi connectivity index (χ0v) is 10.3. The third-order valence-corrected chi connectivity index (χ3v) is 2.44. The van der Waals surface area contributed by atoms with Crippen LogP contribution in [-0.2, 0) is 4.74 Å². The molecular weight excluding hydrogens is 224 g/mol. The number of benzene rings is 1. The van der Waals surface area contributed by atoms with Crippen molar-refractivity contribution in [2.75, 3.05) is 19.5 Å². The molecule has 0 aliphatic heterocycles. The summed E-state index contributed by atoms with van der Waals surface area (Å²) in [6, 6.07) is 5.27. The Kier molecular flexibility index (Phi) is 4.25. The Morgan fingerprint density at radius 3 is 2.69 bits per heavy atom. The van der Waals surface area contributed by atoms with E-state index in [1.807, 2.05) is 13.0 Å². The van der Waals surface area contributed by atoms with Gasteiger partial charge in [0, 0.05) is 12.7 Å². The van der Waals surface area contributed by atoms with E-state index in [2.05, 4.69) is 15.4 Å². The molecule has 0 heterocycles. The molecule has 0 amide bonds. The third-order valence-electron chi connectivity index (χ3n) is 2.13. The summed E-state index contributed by atoms with van der Waals surface area (Å²) in [4.78, 5) is 11.3. The Morgan fingerprint density at radius 1 is 1.44 bits per heavy atom. The van der Waals surface area contributed by atoms with Gasteiger partial charge in [-0.25, -0.2) is 4.79 Å². The first-order valence-electron chi connectivity index (χ1n) is 4.76. The van der Waals surface area contributed by atoms with Crippen molar-refractivity contribution in [2.45, 2.75) is 6.92 Å². The van der Waals surface area contributed by atoms with Crippen LogP contribution in [0.25, 0.3) is 0 Å². The molecule has 1 rings (SSSR count). The van der Waals surface area contributed by atoms with E-state index in [0.717, 1.165) is 11.3 Å². The van der Waals surface area contributed by atoms with Crippen molar-refractivity contribution in [3.8, 4) is 0 Å². The molecule has 0 atom stereocenters. The topological polar surface area (TPSA) is 50.4 Å². The maximum atomic E-state index is 11.3. The summed E-state index contributed by atoms with van der Waals surface area (Å²) < 4.78 is 4.65. The van der Waals surface area contributed by atoms with Crippen LogP contribution in [0.3, 0.4) is 0 Å². The highest BCUT2D eigenvalue weighted by molar-refractivity contribution is 7.80. The van der Waals surface area contributed by atoms with Crippen molar-refractivity contribution >= 4 is 29.0 Å². The highest BCUT2D eigenvalue weighted by Crippen LogP contribution is 2.17. The van der Waals surface area contributed by atoms with Crippen LogP contribution in [0, 0.1) is 6.92 Å². The summed E-state index contributed by atoms with van der Waals surface area (Å²) >= 11 is 5.00. The molecule has 0 aromatic heterocycles. The highest BCUT2D eigenvalue weighted by Gasteiger charge is 2.08. The predicted octanol–water partition coefficient (Wildman–Crippen LogP) is 1.70. The largest absolute Gasteiger partial charge is 0.465 e. The molecule has 0 saturated heterocycles. The van der Waals surface area contributed by atoms with Gasteiger partial charge in [-0.15, -0.1) is 0 Å². The van der Waals surface area contributed by atoms with Crippen LogP contribution in [-0.4, -0.2) is 25.2 Å². The number of anilines is 1. The van der Waals surface area contributed by atoms with Crippen LogP contribution < -0.4 is 10.6 Å². The molecule has 4 nitrogen and oxygen atoms in total. The number of esters is 1. The summed E-state index contributed by atoms with van der Waals surface area (Å²) in [5, 5.41) is 6.30. The lowest BCUT2D eigenvalue weighted by Crippen LogP contribution is -2.24. The van der Waals surface area contributed by atoms with Gasteiger partial charge in [-0.3, -0.25) is 0 Å². The third kappa shape index (κ3) is 2.93. The van der Waals surface area contributed by atoms with Crippen molar-refractivity contribution in [1.29, 1.82) is 0 Å². The number of thiocarbonyl (C=S) groups is 1. The summed E-state index contributed by atoms with van der Waals surface area (Å²) in [6.07, 6.45) is 0. The zero-order chi connectivity index (χ0) is 12.1. The van der Waals surface area contributed by atoms with E-state index in [1.54, 1.807) is 19.2 Å². The van der Waals surface area contributed by atoms with Crippen LogP contribution in [0.5, 0.6) is 0 Å². The number of ether oxygens (including phenoxy) is 1. The van der Waals surface area contributed by atoms with Gasteiger partial charge in [-0.2, -0.15) is 0 Å². The fourth-order valence-corrected chi connectivity index (χ4v) is 1.30. The number of hydrogen-bond donors (Lipinski definition) is 2. The van der Waals surface area contributed by atoms with Gasteiger partial charge >= 0.3 is 5.97 Å². The van der Waals surface area contributed by atoms with Gasteiger partial charge in [-0.1, -0.05) is 6.07 Å². The molecule has 0 fully saturated rings. The Labute approximate surface area is 100.0 Å². The first-order chi connectivity index (χ1) is 7.58. The highest BCUT2D eigenvalue weighted by atomic mass is 32.1. The second-order valence-corrected chi connectivity index (χ2v) is 3.63. The van der Waals surface area contributed by atoms with Gasteiger partial charge in [0.25, 0.3) is 0 Å². The molecule has 86 valence electrons. The normalized spacial score (nSPS) is 9.44. The average Bonchev–Trinajstić information content (AvgIpc) is 2.30. The lowest BCUT2D eigenvalue weighted by molar-refractivity contribution is 0.0601. The van der Waals surface area contributed by atoms with Crippen molar-refractivity contribution in [1.82, 2.24) is 5.32 Å². The number of nitrogens with one attached hydrogen (secondary N) is 2. The van der Waals surface area contributed by atoms with Crippen molar-refractivity contribution in [3.63, 3.8) is 0 Å². The van der Waals surface area contributed by atoms with Gasteiger partial charge in [0.15, 0.2) is 5.11 Å². The van der Waals surface area contributed by atoms with Crippen LogP contribution in [0.4, 0.5) is 5.69 Å². The van der Waals surface area contributed by atoms with Gasteiger partial charge < -0.3 is 15.4 Å². The lowest BCUT2D eigenvalue weighted by Gasteiger charge is -2.11. The number of hydrogen-bond acceptors (Lipinski definition) is 3. The van der Waals surface area contributed by atoms with Crippen LogP contribution in [0.2, 0.25) is 0 Å². The van der Waals surface area contributed by atoms with Gasteiger partial charge in [-0.05, 0) is 36.8 Å². The Morgan fingerprint density at radius 2 is 2.12 bits per heavy atom. The van der Waals surface area contributed by atoms with Crippen LogP contribution >= 0.6 is 12.2 Å². The lowest BCUT2D eigenvalue weighted by atomic mass is 10.1.